The Morgan fingerprint density at radius 1 is 1.15 bits per heavy atom. The van der Waals surface area contributed by atoms with E-state index in [4.69, 9.17) is 4.74 Å². The van der Waals surface area contributed by atoms with Crippen LogP contribution in [0.25, 0.3) is 0 Å². The quantitative estimate of drug-likeness (QED) is 0.350. The number of piperidine rings is 1. The highest BCUT2D eigenvalue weighted by molar-refractivity contribution is 14.0. The molecule has 6 nitrogen and oxygen atoms in total. The zero-order valence-corrected chi connectivity index (χ0v) is 19.8. The maximum atomic E-state index is 5.55. The predicted molar refractivity (Wildman–Crippen MR) is 123 cm³/mol. The smallest absolute Gasteiger partial charge is 0.191 e. The van der Waals surface area contributed by atoms with Gasteiger partial charge in [-0.3, -0.25) is 9.89 Å². The van der Waals surface area contributed by atoms with Crippen LogP contribution in [0.2, 0.25) is 0 Å². The molecule has 2 aliphatic heterocycles. The first kappa shape index (κ1) is 23.2. The third kappa shape index (κ3) is 6.72. The Bertz CT molecular complexity index is 450. The number of nitrogens with zero attached hydrogens (tertiary/aromatic N) is 3. The molecule has 3 fully saturated rings. The van der Waals surface area contributed by atoms with E-state index in [1.807, 2.05) is 7.05 Å². The first-order valence-electron chi connectivity index (χ1n) is 10.7. The van der Waals surface area contributed by atoms with Gasteiger partial charge in [0.25, 0.3) is 0 Å². The summed E-state index contributed by atoms with van der Waals surface area (Å²) in [6.07, 6.45) is 8.15. The largest absolute Gasteiger partial charge is 0.379 e. The van der Waals surface area contributed by atoms with Crippen LogP contribution in [0.5, 0.6) is 0 Å². The van der Waals surface area contributed by atoms with Crippen LogP contribution in [0.1, 0.15) is 52.4 Å². The van der Waals surface area contributed by atoms with Gasteiger partial charge in [-0.15, -0.1) is 24.0 Å². The fourth-order valence-corrected chi connectivity index (χ4v) is 4.82. The molecule has 158 valence electrons. The van der Waals surface area contributed by atoms with Gasteiger partial charge in [-0.1, -0.05) is 12.8 Å². The van der Waals surface area contributed by atoms with Crippen molar-refractivity contribution >= 4 is 29.9 Å². The van der Waals surface area contributed by atoms with Crippen molar-refractivity contribution in [3.63, 3.8) is 0 Å². The van der Waals surface area contributed by atoms with Crippen molar-refractivity contribution in [2.45, 2.75) is 76.5 Å². The Labute approximate surface area is 182 Å². The second-order valence-corrected chi connectivity index (χ2v) is 8.36. The van der Waals surface area contributed by atoms with E-state index in [0.717, 1.165) is 38.3 Å². The van der Waals surface area contributed by atoms with E-state index in [0.29, 0.717) is 18.1 Å². The van der Waals surface area contributed by atoms with Gasteiger partial charge in [0.2, 0.25) is 0 Å². The summed E-state index contributed by atoms with van der Waals surface area (Å²) in [5, 5.41) is 7.20. The third-order valence-corrected chi connectivity index (χ3v) is 6.49. The Morgan fingerprint density at radius 2 is 1.85 bits per heavy atom. The summed E-state index contributed by atoms with van der Waals surface area (Å²) >= 11 is 0. The van der Waals surface area contributed by atoms with Crippen LogP contribution in [-0.4, -0.2) is 86.4 Å². The number of hydrogen-bond acceptors (Lipinski definition) is 4. The van der Waals surface area contributed by atoms with E-state index >= 15 is 0 Å². The molecule has 2 N–H and O–H groups in total. The molecule has 7 heteroatoms. The van der Waals surface area contributed by atoms with Crippen molar-refractivity contribution in [1.82, 2.24) is 20.4 Å². The van der Waals surface area contributed by atoms with Gasteiger partial charge < -0.3 is 20.3 Å². The van der Waals surface area contributed by atoms with Crippen LogP contribution in [0.4, 0.5) is 0 Å². The highest BCUT2D eigenvalue weighted by Crippen LogP contribution is 2.26. The molecular weight excluding hydrogens is 453 g/mol. The van der Waals surface area contributed by atoms with Gasteiger partial charge in [0, 0.05) is 57.4 Å². The molecule has 3 aliphatic rings. The van der Waals surface area contributed by atoms with Gasteiger partial charge in [0.15, 0.2) is 5.96 Å². The van der Waals surface area contributed by atoms with Crippen molar-refractivity contribution in [2.75, 3.05) is 46.4 Å². The van der Waals surface area contributed by atoms with Crippen LogP contribution < -0.4 is 10.6 Å². The van der Waals surface area contributed by atoms with Crippen LogP contribution in [0, 0.1) is 0 Å². The summed E-state index contributed by atoms with van der Waals surface area (Å²) in [7, 11) is 1.88. The van der Waals surface area contributed by atoms with Crippen LogP contribution in [-0.2, 0) is 4.74 Å². The molecule has 1 saturated carbocycles. The summed E-state index contributed by atoms with van der Waals surface area (Å²) in [6.45, 7) is 10.7. The molecule has 0 spiro atoms. The molecular formula is C20H40IN5O. The SMILES string of the molecule is CN=C(NCC(C)N1CCOCC1C)NC1CCN(C2CCCC2)CC1.I. The summed E-state index contributed by atoms with van der Waals surface area (Å²) in [4.78, 5) is 9.71. The van der Waals surface area contributed by atoms with Crippen LogP contribution in [0.15, 0.2) is 4.99 Å². The number of nitrogens with one attached hydrogen (secondary N) is 2. The van der Waals surface area contributed by atoms with E-state index in [-0.39, 0.29) is 24.0 Å². The van der Waals surface area contributed by atoms with Gasteiger partial charge in [-0.25, -0.2) is 0 Å². The van der Waals surface area contributed by atoms with Crippen molar-refractivity contribution in [1.29, 1.82) is 0 Å². The van der Waals surface area contributed by atoms with Gasteiger partial charge >= 0.3 is 0 Å². The normalized spacial score (nSPS) is 28.0. The minimum atomic E-state index is 0. The fraction of sp³-hybridized carbons (Fsp3) is 0.950. The van der Waals surface area contributed by atoms with Crippen molar-refractivity contribution in [3.8, 4) is 0 Å². The zero-order valence-electron chi connectivity index (χ0n) is 17.5. The predicted octanol–water partition coefficient (Wildman–Crippen LogP) is 2.29. The Balaban J connectivity index is 0.00000261. The summed E-state index contributed by atoms with van der Waals surface area (Å²) in [6, 6.07) is 2.40. The Morgan fingerprint density at radius 3 is 2.48 bits per heavy atom. The average molecular weight is 493 g/mol. The topological polar surface area (TPSA) is 52.1 Å². The highest BCUT2D eigenvalue weighted by Gasteiger charge is 2.28. The molecule has 2 atom stereocenters. The van der Waals surface area contributed by atoms with E-state index in [2.05, 4.69) is 39.3 Å². The number of rotatable bonds is 5. The molecule has 2 saturated heterocycles. The zero-order chi connectivity index (χ0) is 18.4. The second-order valence-electron chi connectivity index (χ2n) is 8.36. The number of halogens is 1. The summed E-state index contributed by atoms with van der Waals surface area (Å²) < 4.78 is 5.55. The maximum Gasteiger partial charge on any atom is 0.191 e. The molecule has 1 aliphatic carbocycles. The average Bonchev–Trinajstić information content (AvgIpc) is 3.20. The van der Waals surface area contributed by atoms with E-state index in [9.17, 15) is 0 Å². The summed E-state index contributed by atoms with van der Waals surface area (Å²) in [5.74, 6) is 0.956. The lowest BCUT2D eigenvalue weighted by molar-refractivity contribution is -0.0174. The second kappa shape index (κ2) is 11.8. The van der Waals surface area contributed by atoms with E-state index in [1.165, 1.54) is 51.6 Å². The van der Waals surface area contributed by atoms with Crippen molar-refractivity contribution in [3.05, 3.63) is 0 Å². The molecule has 27 heavy (non-hydrogen) atoms. The van der Waals surface area contributed by atoms with Gasteiger partial charge in [-0.2, -0.15) is 0 Å². The minimum Gasteiger partial charge on any atom is -0.379 e. The number of likely N-dealkylation sites (tertiary alicyclic amines) is 1. The Hall–Kier alpha value is -0.120. The number of hydrogen-bond donors (Lipinski definition) is 2. The lowest BCUT2D eigenvalue weighted by atomic mass is 10.0. The molecule has 0 radical (unpaired) electrons. The molecule has 0 aromatic carbocycles. The molecule has 2 heterocycles. The molecule has 0 amide bonds. The lowest BCUT2D eigenvalue weighted by Gasteiger charge is -2.38. The van der Waals surface area contributed by atoms with Gasteiger partial charge in [0.05, 0.1) is 13.2 Å². The molecule has 0 bridgehead atoms. The standard InChI is InChI=1S/C20H39N5O.HI/c1-16(25-12-13-26-15-17(25)2)14-22-20(21-3)23-18-8-10-24(11-9-18)19-6-4-5-7-19;/h16-19H,4-15H2,1-3H3,(H2,21,22,23);1H. The van der Waals surface area contributed by atoms with Crippen LogP contribution >= 0.6 is 24.0 Å². The van der Waals surface area contributed by atoms with E-state index < -0.39 is 0 Å². The van der Waals surface area contributed by atoms with Gasteiger partial charge in [0.1, 0.15) is 0 Å². The fourth-order valence-electron chi connectivity index (χ4n) is 4.82. The molecule has 2 unspecified atom stereocenters. The first-order valence-corrected chi connectivity index (χ1v) is 10.7. The highest BCUT2D eigenvalue weighted by atomic mass is 127. The van der Waals surface area contributed by atoms with Crippen molar-refractivity contribution in [2.24, 2.45) is 4.99 Å². The van der Waals surface area contributed by atoms with Crippen molar-refractivity contribution < 1.29 is 4.74 Å². The molecule has 3 rings (SSSR count). The number of morpholine rings is 1. The summed E-state index contributed by atoms with van der Waals surface area (Å²) in [5.41, 5.74) is 0. The minimum absolute atomic E-state index is 0. The Kier molecular flexibility index (Phi) is 10.1. The number of aliphatic imine (C=N–C) groups is 1. The van der Waals surface area contributed by atoms with Gasteiger partial charge in [-0.05, 0) is 39.5 Å². The third-order valence-electron chi connectivity index (χ3n) is 6.49. The molecule has 0 aromatic heterocycles. The monoisotopic (exact) mass is 493 g/mol. The first-order chi connectivity index (χ1) is 12.7. The molecule has 0 aromatic rings. The lowest BCUT2D eigenvalue weighted by Crippen LogP contribution is -2.54. The van der Waals surface area contributed by atoms with Crippen LogP contribution in [0.3, 0.4) is 0 Å². The number of ether oxygens (including phenoxy) is 1. The maximum absolute atomic E-state index is 5.55. The van der Waals surface area contributed by atoms with E-state index in [1.54, 1.807) is 0 Å². The number of guanidine groups is 1.